The number of phenolic OH excluding ortho intramolecular Hbond substituents is 1. The van der Waals surface area contributed by atoms with Crippen LogP contribution in [0.4, 0.5) is 0 Å². The molecule has 3 N–H and O–H groups in total. The van der Waals surface area contributed by atoms with E-state index >= 15 is 0 Å². The number of phenols is 1. The van der Waals surface area contributed by atoms with Crippen molar-refractivity contribution in [2.75, 3.05) is 32.7 Å². The first-order chi connectivity index (χ1) is 11.2. The molecule has 1 aliphatic heterocycles. The molecule has 0 aliphatic carbocycles. The summed E-state index contributed by atoms with van der Waals surface area (Å²) >= 11 is 0. The number of halogens is 1. The number of nitrogens with zero attached hydrogens (tertiary/aromatic N) is 2. The van der Waals surface area contributed by atoms with Crippen LogP contribution in [0.1, 0.15) is 36.5 Å². The highest BCUT2D eigenvalue weighted by molar-refractivity contribution is 14.0. The second-order valence-electron chi connectivity index (χ2n) is 5.59. The molecule has 0 saturated carbocycles. The Morgan fingerprint density at radius 2 is 2.04 bits per heavy atom. The minimum Gasteiger partial charge on any atom is -0.508 e. The second kappa shape index (κ2) is 11.1. The van der Waals surface area contributed by atoms with E-state index in [0.717, 1.165) is 32.0 Å². The number of guanidine groups is 1. The second-order valence-corrected chi connectivity index (χ2v) is 5.59. The van der Waals surface area contributed by atoms with Crippen molar-refractivity contribution >= 4 is 35.8 Å². The molecule has 1 saturated heterocycles. The molecule has 0 atom stereocenters. The maximum Gasteiger partial charge on any atom is 0.251 e. The molecule has 0 unspecified atom stereocenters. The Labute approximate surface area is 160 Å². The molecule has 0 bridgehead atoms. The van der Waals surface area contributed by atoms with Crippen LogP contribution in [0.15, 0.2) is 29.3 Å². The molecule has 1 heterocycles. The fraction of sp³-hybridized carbons (Fsp3) is 0.529. The molecule has 1 aromatic carbocycles. The summed E-state index contributed by atoms with van der Waals surface area (Å²) in [4.78, 5) is 18.8. The summed E-state index contributed by atoms with van der Waals surface area (Å²) in [6.07, 6.45) is 3.24. The molecule has 134 valence electrons. The first-order valence-corrected chi connectivity index (χ1v) is 8.31. The van der Waals surface area contributed by atoms with Gasteiger partial charge in [-0.1, -0.05) is 6.07 Å². The van der Waals surface area contributed by atoms with Gasteiger partial charge in [0.2, 0.25) is 0 Å². The molecular weight excluding hydrogens is 419 g/mol. The summed E-state index contributed by atoms with van der Waals surface area (Å²) in [5.41, 5.74) is 0.471. The lowest BCUT2D eigenvalue weighted by atomic mass is 10.2. The predicted molar refractivity (Wildman–Crippen MR) is 107 cm³/mol. The molecule has 1 amide bonds. The number of carbonyl (C=O) groups is 1. The molecule has 1 aromatic rings. The van der Waals surface area contributed by atoms with Crippen molar-refractivity contribution in [3.05, 3.63) is 29.8 Å². The zero-order valence-electron chi connectivity index (χ0n) is 14.1. The standard InChI is InChI=1S/C17H26N4O2.HI/c1-2-18-17(21-11-3-4-12-21)20-10-6-9-19-16(23)14-7-5-8-15(22)13-14;/h5,7-8,13,22H,2-4,6,9-12H2,1H3,(H,18,20)(H,19,23);1H. The molecule has 0 spiro atoms. The number of carbonyl (C=O) groups excluding carboxylic acids is 1. The van der Waals surface area contributed by atoms with Crippen molar-refractivity contribution in [1.29, 1.82) is 0 Å². The normalized spacial score (nSPS) is 14.2. The zero-order chi connectivity index (χ0) is 16.5. The lowest BCUT2D eigenvalue weighted by Gasteiger charge is -2.20. The van der Waals surface area contributed by atoms with Crippen LogP contribution in [0.5, 0.6) is 5.75 Å². The van der Waals surface area contributed by atoms with Crippen molar-refractivity contribution < 1.29 is 9.90 Å². The number of likely N-dealkylation sites (tertiary alicyclic amines) is 1. The van der Waals surface area contributed by atoms with E-state index in [1.807, 2.05) is 0 Å². The monoisotopic (exact) mass is 446 g/mol. The molecule has 6 nitrogen and oxygen atoms in total. The van der Waals surface area contributed by atoms with Gasteiger partial charge in [0.25, 0.3) is 5.91 Å². The Balaban J connectivity index is 0.00000288. The average molecular weight is 446 g/mol. The number of rotatable bonds is 6. The number of hydrogen-bond donors (Lipinski definition) is 3. The highest BCUT2D eigenvalue weighted by Gasteiger charge is 2.15. The van der Waals surface area contributed by atoms with E-state index in [1.165, 1.54) is 18.9 Å². The molecule has 0 radical (unpaired) electrons. The predicted octanol–water partition coefficient (Wildman–Crippen LogP) is 2.19. The van der Waals surface area contributed by atoms with Crippen LogP contribution in [0, 0.1) is 0 Å². The SMILES string of the molecule is CCNC(=NCCCNC(=O)c1cccc(O)c1)N1CCCC1.I. The average Bonchev–Trinajstić information content (AvgIpc) is 3.07. The number of amides is 1. The first-order valence-electron chi connectivity index (χ1n) is 8.31. The maximum atomic E-state index is 11.9. The summed E-state index contributed by atoms with van der Waals surface area (Å²) in [5.74, 6) is 0.906. The van der Waals surface area contributed by atoms with E-state index in [0.29, 0.717) is 18.7 Å². The van der Waals surface area contributed by atoms with Gasteiger partial charge < -0.3 is 20.6 Å². The van der Waals surface area contributed by atoms with E-state index in [4.69, 9.17) is 0 Å². The lowest BCUT2D eigenvalue weighted by molar-refractivity contribution is 0.0953. The fourth-order valence-electron chi connectivity index (χ4n) is 2.57. The quantitative estimate of drug-likeness (QED) is 0.271. The van der Waals surface area contributed by atoms with Crippen molar-refractivity contribution in [3.8, 4) is 5.75 Å². The zero-order valence-corrected chi connectivity index (χ0v) is 16.5. The number of nitrogens with one attached hydrogen (secondary N) is 2. The third-order valence-electron chi connectivity index (χ3n) is 3.73. The van der Waals surface area contributed by atoms with E-state index in [-0.39, 0.29) is 35.6 Å². The molecular formula is C17H27IN4O2. The number of hydrogen-bond acceptors (Lipinski definition) is 3. The van der Waals surface area contributed by atoms with Gasteiger partial charge in [0, 0.05) is 38.3 Å². The topological polar surface area (TPSA) is 77.0 Å². The third-order valence-corrected chi connectivity index (χ3v) is 3.73. The van der Waals surface area contributed by atoms with E-state index in [2.05, 4.69) is 27.4 Å². The first kappa shape index (κ1) is 20.5. The van der Waals surface area contributed by atoms with Crippen LogP contribution in [0.25, 0.3) is 0 Å². The fourth-order valence-corrected chi connectivity index (χ4v) is 2.57. The molecule has 7 heteroatoms. The number of aromatic hydroxyl groups is 1. The van der Waals surface area contributed by atoms with Crippen LogP contribution in [0.3, 0.4) is 0 Å². The van der Waals surface area contributed by atoms with Gasteiger partial charge in [0.05, 0.1) is 0 Å². The Bertz CT molecular complexity index is 545. The molecule has 24 heavy (non-hydrogen) atoms. The Hall–Kier alpha value is -1.51. The van der Waals surface area contributed by atoms with E-state index < -0.39 is 0 Å². The van der Waals surface area contributed by atoms with Gasteiger partial charge in [-0.05, 0) is 44.4 Å². The highest BCUT2D eigenvalue weighted by Crippen LogP contribution is 2.10. The van der Waals surface area contributed by atoms with Crippen LogP contribution < -0.4 is 10.6 Å². The number of aliphatic imine (C=N–C) groups is 1. The van der Waals surface area contributed by atoms with Gasteiger partial charge in [-0.3, -0.25) is 9.79 Å². The lowest BCUT2D eigenvalue weighted by Crippen LogP contribution is -2.39. The van der Waals surface area contributed by atoms with Gasteiger partial charge in [0.1, 0.15) is 5.75 Å². The molecule has 1 aliphatic rings. The van der Waals surface area contributed by atoms with Gasteiger partial charge >= 0.3 is 0 Å². The van der Waals surface area contributed by atoms with Crippen molar-refractivity contribution in [3.63, 3.8) is 0 Å². The summed E-state index contributed by atoms with van der Waals surface area (Å²) in [5, 5.41) is 15.5. The van der Waals surface area contributed by atoms with Gasteiger partial charge in [-0.25, -0.2) is 0 Å². The summed E-state index contributed by atoms with van der Waals surface area (Å²) in [6, 6.07) is 6.35. The van der Waals surface area contributed by atoms with Crippen LogP contribution >= 0.6 is 24.0 Å². The largest absolute Gasteiger partial charge is 0.508 e. The molecule has 1 fully saturated rings. The minimum absolute atomic E-state index is 0. The Morgan fingerprint density at radius 3 is 2.71 bits per heavy atom. The maximum absolute atomic E-state index is 11.9. The molecule has 0 aromatic heterocycles. The van der Waals surface area contributed by atoms with Crippen molar-refractivity contribution in [2.24, 2.45) is 4.99 Å². The highest BCUT2D eigenvalue weighted by atomic mass is 127. The van der Waals surface area contributed by atoms with Gasteiger partial charge in [-0.2, -0.15) is 0 Å². The van der Waals surface area contributed by atoms with Crippen LogP contribution in [-0.2, 0) is 0 Å². The third kappa shape index (κ3) is 6.54. The van der Waals surface area contributed by atoms with Crippen LogP contribution in [-0.4, -0.2) is 54.6 Å². The summed E-state index contributed by atoms with van der Waals surface area (Å²) < 4.78 is 0. The van der Waals surface area contributed by atoms with Gasteiger partial charge in [0.15, 0.2) is 5.96 Å². The van der Waals surface area contributed by atoms with Crippen molar-refractivity contribution in [2.45, 2.75) is 26.2 Å². The smallest absolute Gasteiger partial charge is 0.251 e. The van der Waals surface area contributed by atoms with Crippen LogP contribution in [0.2, 0.25) is 0 Å². The summed E-state index contributed by atoms with van der Waals surface area (Å²) in [7, 11) is 0. The minimum atomic E-state index is -0.170. The Morgan fingerprint density at radius 1 is 1.29 bits per heavy atom. The number of benzene rings is 1. The summed E-state index contributed by atoms with van der Waals surface area (Å²) in [6.45, 7) is 6.32. The van der Waals surface area contributed by atoms with Gasteiger partial charge in [-0.15, -0.1) is 24.0 Å². The van der Waals surface area contributed by atoms with E-state index in [9.17, 15) is 9.90 Å². The van der Waals surface area contributed by atoms with E-state index in [1.54, 1.807) is 18.2 Å². The Kier molecular flexibility index (Phi) is 9.51. The molecule has 2 rings (SSSR count). The van der Waals surface area contributed by atoms with Crippen molar-refractivity contribution in [1.82, 2.24) is 15.5 Å².